The van der Waals surface area contributed by atoms with Gasteiger partial charge in [0.05, 0.1) is 11.5 Å². The summed E-state index contributed by atoms with van der Waals surface area (Å²) in [5, 5.41) is 10.8. The van der Waals surface area contributed by atoms with E-state index in [-0.39, 0.29) is 17.9 Å². The molecule has 0 saturated heterocycles. The van der Waals surface area contributed by atoms with Crippen molar-refractivity contribution in [2.45, 2.75) is 12.2 Å². The Kier molecular flexibility index (Phi) is 6.07. The molecule has 0 aromatic heterocycles. The van der Waals surface area contributed by atoms with Gasteiger partial charge < -0.3 is 0 Å². The quantitative estimate of drug-likeness (QED) is 0.565. The molecule has 0 aliphatic carbocycles. The molecule has 0 spiro atoms. The van der Waals surface area contributed by atoms with Gasteiger partial charge >= 0.3 is 0 Å². The molecule has 0 aliphatic rings. The molecule has 9 heteroatoms. The molecule has 132 valence electrons. The van der Waals surface area contributed by atoms with Crippen molar-refractivity contribution in [1.29, 1.82) is 0 Å². The van der Waals surface area contributed by atoms with Crippen LogP contribution in [0.25, 0.3) is 0 Å². The van der Waals surface area contributed by atoms with Crippen LogP contribution in [-0.2, 0) is 20.4 Å². The number of nitrogens with zero attached hydrogens (tertiary/aromatic N) is 2. The Morgan fingerprint density at radius 3 is 2.16 bits per heavy atom. The van der Waals surface area contributed by atoms with Gasteiger partial charge in [-0.25, -0.2) is 24.0 Å². The number of carbonyl (C=O) groups is 1. The van der Waals surface area contributed by atoms with E-state index in [0.29, 0.717) is 10.7 Å². The lowest BCUT2D eigenvalue weighted by Crippen LogP contribution is -2.46. The predicted octanol–water partition coefficient (Wildman–Crippen LogP) is 1.72. The number of hydrogen-bond acceptors (Lipinski definition) is 5. The van der Waals surface area contributed by atoms with Crippen molar-refractivity contribution in [1.82, 2.24) is 5.43 Å². The normalized spacial score (nSPS) is 10.9. The number of carbonyl (C=O) groups excluding carboxylic acids is 1. The fourth-order valence-electron chi connectivity index (χ4n) is 2.09. The second kappa shape index (κ2) is 8.25. The highest BCUT2D eigenvalue weighted by atomic mass is 32.2. The molecule has 0 heterocycles. The first-order chi connectivity index (χ1) is 11.9. The van der Waals surface area contributed by atoms with E-state index in [2.05, 4.69) is 5.43 Å². The summed E-state index contributed by atoms with van der Waals surface area (Å²) in [6.45, 7) is 0. The molecule has 25 heavy (non-hydrogen) atoms. The molecule has 2 aromatic carbocycles. The lowest BCUT2D eigenvalue weighted by Gasteiger charge is -2.14. The minimum absolute atomic E-state index is 0.160. The van der Waals surface area contributed by atoms with Gasteiger partial charge in [-0.2, -0.15) is 0 Å². The van der Waals surface area contributed by atoms with Crippen LogP contribution in [0.5, 0.6) is 0 Å². The molecule has 8 nitrogen and oxygen atoms in total. The Hall–Kier alpha value is -2.94. The highest BCUT2D eigenvalue weighted by Crippen LogP contribution is 2.11. The lowest BCUT2D eigenvalue weighted by atomic mass is 10.2. The molecule has 0 atom stereocenters. The molecule has 0 saturated carbocycles. The summed E-state index contributed by atoms with van der Waals surface area (Å²) in [5.74, 6) is -1.33. The van der Waals surface area contributed by atoms with Gasteiger partial charge in [-0.1, -0.05) is 48.5 Å². The van der Waals surface area contributed by atoms with E-state index in [1.54, 1.807) is 48.5 Å². The number of anilines is 1. The summed E-state index contributed by atoms with van der Waals surface area (Å²) in [7, 11) is -3.50. The SMILES string of the molecule is O=C(CCS(=O)(=O)Cc1ccccc1)NN(c1ccccc1)[N+](=O)[O-]. The average Bonchev–Trinajstić information content (AvgIpc) is 2.59. The van der Waals surface area contributed by atoms with Gasteiger partial charge in [-0.3, -0.25) is 4.79 Å². The van der Waals surface area contributed by atoms with Crippen LogP contribution in [0.1, 0.15) is 12.0 Å². The molecule has 2 aromatic rings. The number of rotatable bonds is 8. The highest BCUT2D eigenvalue weighted by Gasteiger charge is 2.21. The van der Waals surface area contributed by atoms with Gasteiger partial charge in [0.1, 0.15) is 5.69 Å². The summed E-state index contributed by atoms with van der Waals surface area (Å²) in [4.78, 5) is 23.0. The summed E-state index contributed by atoms with van der Waals surface area (Å²) < 4.78 is 24.1. The average molecular weight is 363 g/mol. The maximum atomic E-state index is 12.1. The Bertz CT molecular complexity index is 825. The van der Waals surface area contributed by atoms with Crippen molar-refractivity contribution in [3.63, 3.8) is 0 Å². The van der Waals surface area contributed by atoms with Gasteiger partial charge in [0.15, 0.2) is 14.9 Å². The number of hydrogen-bond donors (Lipinski definition) is 1. The fraction of sp³-hybridized carbons (Fsp3) is 0.188. The molecule has 1 amide bonds. The van der Waals surface area contributed by atoms with Crippen molar-refractivity contribution in [2.75, 3.05) is 10.9 Å². The van der Waals surface area contributed by atoms with Gasteiger partial charge in [0.2, 0.25) is 5.91 Å². The van der Waals surface area contributed by atoms with E-state index >= 15 is 0 Å². The van der Waals surface area contributed by atoms with Crippen LogP contribution in [0.4, 0.5) is 5.69 Å². The van der Waals surface area contributed by atoms with Crippen LogP contribution in [0, 0.1) is 10.1 Å². The first-order valence-corrected chi connectivity index (χ1v) is 9.23. The molecule has 0 fully saturated rings. The van der Waals surface area contributed by atoms with Crippen LogP contribution in [0.3, 0.4) is 0 Å². The van der Waals surface area contributed by atoms with Crippen molar-refractivity contribution in [3.8, 4) is 0 Å². The van der Waals surface area contributed by atoms with Gasteiger partial charge in [-0.05, 0) is 17.7 Å². The number of sulfone groups is 1. The van der Waals surface area contributed by atoms with Crippen LogP contribution >= 0.6 is 0 Å². The molecule has 0 bridgehead atoms. The lowest BCUT2D eigenvalue weighted by molar-refractivity contribution is -0.501. The van der Waals surface area contributed by atoms with Crippen LogP contribution in [0.15, 0.2) is 60.7 Å². The van der Waals surface area contributed by atoms with Crippen molar-refractivity contribution in [3.05, 3.63) is 76.3 Å². The standard InChI is InChI=1S/C16H17N3O5S/c20-16(17-18(19(21)22)15-9-5-2-6-10-15)11-12-25(23,24)13-14-7-3-1-4-8-14/h1-10H,11-13H2,(H,17,20). The van der Waals surface area contributed by atoms with Gasteiger partial charge in [-0.15, -0.1) is 0 Å². The van der Waals surface area contributed by atoms with E-state index in [9.17, 15) is 23.3 Å². The number of para-hydroxylation sites is 1. The monoisotopic (exact) mass is 363 g/mol. The van der Waals surface area contributed by atoms with E-state index in [1.807, 2.05) is 0 Å². The minimum Gasteiger partial charge on any atom is -0.273 e. The van der Waals surface area contributed by atoms with E-state index in [4.69, 9.17) is 0 Å². The van der Waals surface area contributed by atoms with Gasteiger partial charge in [0, 0.05) is 11.5 Å². The zero-order valence-corrected chi connectivity index (χ0v) is 14.1. The van der Waals surface area contributed by atoms with Crippen LogP contribution in [0.2, 0.25) is 0 Å². The Morgan fingerprint density at radius 1 is 1.04 bits per heavy atom. The zero-order chi connectivity index (χ0) is 18.3. The van der Waals surface area contributed by atoms with Gasteiger partial charge in [0.25, 0.3) is 0 Å². The summed E-state index contributed by atoms with van der Waals surface area (Å²) in [6, 6.07) is 16.4. The summed E-state index contributed by atoms with van der Waals surface area (Å²) in [5.41, 5.74) is 2.88. The van der Waals surface area contributed by atoms with Crippen molar-refractivity contribution >= 4 is 21.4 Å². The van der Waals surface area contributed by atoms with Crippen LogP contribution < -0.4 is 10.5 Å². The highest BCUT2D eigenvalue weighted by molar-refractivity contribution is 7.90. The number of benzene rings is 2. The summed E-state index contributed by atoms with van der Waals surface area (Å²) in [6.07, 6.45) is -0.369. The first kappa shape index (κ1) is 18.4. The smallest absolute Gasteiger partial charge is 0.244 e. The molecular weight excluding hydrogens is 346 g/mol. The molecule has 2 rings (SSSR count). The molecule has 0 unspecified atom stereocenters. The predicted molar refractivity (Wildman–Crippen MR) is 92.6 cm³/mol. The number of nitro groups is 1. The Balaban J connectivity index is 1.94. The number of nitrogens with one attached hydrogen (secondary N) is 1. The third-order valence-electron chi connectivity index (χ3n) is 3.26. The number of hydrazine groups is 2. The number of amides is 1. The maximum Gasteiger partial charge on any atom is 0.244 e. The molecule has 0 aliphatic heterocycles. The van der Waals surface area contributed by atoms with Crippen molar-refractivity contribution in [2.24, 2.45) is 0 Å². The minimum atomic E-state index is -3.50. The van der Waals surface area contributed by atoms with Crippen LogP contribution in [-0.4, -0.2) is 25.1 Å². The largest absolute Gasteiger partial charge is 0.273 e. The fourth-order valence-corrected chi connectivity index (χ4v) is 3.43. The Morgan fingerprint density at radius 2 is 1.60 bits per heavy atom. The van der Waals surface area contributed by atoms with E-state index in [1.165, 1.54) is 12.1 Å². The molecular formula is C16H17N3O5S. The third kappa shape index (κ3) is 5.88. The second-order valence-corrected chi connectivity index (χ2v) is 7.43. The van der Waals surface area contributed by atoms with E-state index in [0.717, 1.165) is 0 Å². The molecule has 0 radical (unpaired) electrons. The first-order valence-electron chi connectivity index (χ1n) is 7.41. The third-order valence-corrected chi connectivity index (χ3v) is 4.86. The Labute approximate surface area is 145 Å². The molecule has 1 N–H and O–H groups in total. The summed E-state index contributed by atoms with van der Waals surface area (Å²) >= 11 is 0. The topological polar surface area (TPSA) is 110 Å². The second-order valence-electron chi connectivity index (χ2n) is 5.25. The van der Waals surface area contributed by atoms with Crippen molar-refractivity contribution < 1.29 is 18.2 Å². The zero-order valence-electron chi connectivity index (χ0n) is 13.2. The maximum absolute atomic E-state index is 12.1. The van der Waals surface area contributed by atoms with E-state index < -0.39 is 26.5 Å².